The lowest BCUT2D eigenvalue weighted by Gasteiger charge is -2.14. The van der Waals surface area contributed by atoms with Gasteiger partial charge in [0.05, 0.1) is 11.4 Å². The van der Waals surface area contributed by atoms with Crippen LogP contribution in [0.25, 0.3) is 22.5 Å². The minimum Gasteiger partial charge on any atom is -0.491 e. The lowest BCUT2D eigenvalue weighted by molar-refractivity contribution is -0.123. The van der Waals surface area contributed by atoms with E-state index in [1.807, 2.05) is 57.2 Å². The van der Waals surface area contributed by atoms with Gasteiger partial charge in [0.15, 0.2) is 0 Å². The number of imide groups is 1. The lowest BCUT2D eigenvalue weighted by atomic mass is 10.1. The van der Waals surface area contributed by atoms with Crippen molar-refractivity contribution in [1.29, 1.82) is 0 Å². The summed E-state index contributed by atoms with van der Waals surface area (Å²) in [6, 6.07) is 22.7. The van der Waals surface area contributed by atoms with E-state index >= 15 is 0 Å². The Balaban J connectivity index is 1.34. The molecule has 4 aromatic rings. The van der Waals surface area contributed by atoms with E-state index in [-0.39, 0.29) is 24.3 Å². The number of hydrogen-bond donors (Lipinski definition) is 0. The summed E-state index contributed by atoms with van der Waals surface area (Å²) in [6.07, 6.45) is 1.83. The smallest absolute Gasteiger partial charge is 0.293 e. The van der Waals surface area contributed by atoms with Gasteiger partial charge in [-0.2, -0.15) is 0 Å². The van der Waals surface area contributed by atoms with Crippen LogP contribution in [0, 0.1) is 27.7 Å². The molecule has 5 rings (SSSR count). The Morgan fingerprint density at radius 3 is 2.47 bits per heavy atom. The second-order valence-corrected chi connectivity index (χ2v) is 10.1. The van der Waals surface area contributed by atoms with Gasteiger partial charge >= 0.3 is 0 Å². The van der Waals surface area contributed by atoms with Crippen LogP contribution in [0.2, 0.25) is 0 Å². The minimum atomic E-state index is -0.273. The number of ether oxygens (including phenoxy) is 1. The molecule has 36 heavy (non-hydrogen) atoms. The normalized spacial score (nSPS) is 14.9. The lowest BCUT2D eigenvalue weighted by Crippen LogP contribution is -2.32. The standard InChI is InChI=1S/C30H28N2O3S/c1-19-9-10-20(2)27(15-19)35-14-13-31-29(33)28(36-30(31)34)18-25-16-21(3)32(22(25)4)26-12-11-23-7-5-6-8-24(23)17-26/h5-12,15-18H,13-14H2,1-4H3/b28-18-. The summed E-state index contributed by atoms with van der Waals surface area (Å²) in [5.41, 5.74) is 6.21. The fourth-order valence-corrected chi connectivity index (χ4v) is 5.45. The summed E-state index contributed by atoms with van der Waals surface area (Å²) in [4.78, 5) is 27.4. The zero-order chi connectivity index (χ0) is 25.4. The first-order valence-electron chi connectivity index (χ1n) is 12.0. The third-order valence-electron chi connectivity index (χ3n) is 6.54. The van der Waals surface area contributed by atoms with E-state index in [4.69, 9.17) is 4.74 Å². The van der Waals surface area contributed by atoms with Crippen LogP contribution in [-0.2, 0) is 4.79 Å². The van der Waals surface area contributed by atoms with Crippen molar-refractivity contribution in [3.05, 3.63) is 99.7 Å². The topological polar surface area (TPSA) is 51.5 Å². The average molecular weight is 497 g/mol. The molecule has 182 valence electrons. The van der Waals surface area contributed by atoms with Crippen LogP contribution < -0.4 is 4.74 Å². The van der Waals surface area contributed by atoms with Crippen molar-refractivity contribution in [2.75, 3.05) is 13.2 Å². The molecule has 0 radical (unpaired) electrons. The summed E-state index contributed by atoms with van der Waals surface area (Å²) in [5, 5.41) is 2.10. The molecular weight excluding hydrogens is 468 g/mol. The van der Waals surface area contributed by atoms with Crippen molar-refractivity contribution < 1.29 is 14.3 Å². The number of thioether (sulfide) groups is 1. The molecule has 0 aliphatic carbocycles. The molecule has 0 spiro atoms. The van der Waals surface area contributed by atoms with E-state index in [1.165, 1.54) is 15.7 Å². The van der Waals surface area contributed by atoms with Gasteiger partial charge < -0.3 is 9.30 Å². The van der Waals surface area contributed by atoms with Crippen LogP contribution in [-0.4, -0.2) is 33.8 Å². The zero-order valence-corrected chi connectivity index (χ0v) is 21.7. The van der Waals surface area contributed by atoms with Gasteiger partial charge in [0.1, 0.15) is 12.4 Å². The van der Waals surface area contributed by atoms with Crippen LogP contribution in [0.1, 0.15) is 28.1 Å². The first kappa shape index (κ1) is 23.9. The number of fused-ring (bicyclic) bond motifs is 1. The Kier molecular flexibility index (Phi) is 6.46. The first-order chi connectivity index (χ1) is 17.3. The second-order valence-electron chi connectivity index (χ2n) is 9.14. The molecule has 1 aliphatic heterocycles. The molecule has 0 bridgehead atoms. The van der Waals surface area contributed by atoms with Crippen LogP contribution >= 0.6 is 11.8 Å². The van der Waals surface area contributed by atoms with E-state index in [9.17, 15) is 9.59 Å². The van der Waals surface area contributed by atoms with Gasteiger partial charge in [-0.25, -0.2) is 0 Å². The highest BCUT2D eigenvalue weighted by atomic mass is 32.2. The summed E-state index contributed by atoms with van der Waals surface area (Å²) in [7, 11) is 0. The molecule has 2 amide bonds. The number of hydrogen-bond acceptors (Lipinski definition) is 4. The molecule has 2 heterocycles. The van der Waals surface area contributed by atoms with Crippen molar-refractivity contribution in [3.63, 3.8) is 0 Å². The van der Waals surface area contributed by atoms with Crippen molar-refractivity contribution in [2.24, 2.45) is 0 Å². The molecule has 1 aromatic heterocycles. The summed E-state index contributed by atoms with van der Waals surface area (Å²) in [6.45, 7) is 8.54. The maximum absolute atomic E-state index is 13.1. The third-order valence-corrected chi connectivity index (χ3v) is 7.45. The summed E-state index contributed by atoms with van der Waals surface area (Å²) >= 11 is 0.984. The fraction of sp³-hybridized carbons (Fsp3) is 0.200. The number of benzene rings is 3. The Bertz CT molecular complexity index is 1530. The van der Waals surface area contributed by atoms with E-state index < -0.39 is 0 Å². The molecule has 5 nitrogen and oxygen atoms in total. The van der Waals surface area contributed by atoms with Gasteiger partial charge in [0.2, 0.25) is 0 Å². The number of carbonyl (C=O) groups excluding carboxylic acids is 2. The highest BCUT2D eigenvalue weighted by Crippen LogP contribution is 2.34. The van der Waals surface area contributed by atoms with Crippen molar-refractivity contribution in [1.82, 2.24) is 9.47 Å². The number of rotatable bonds is 6. The van der Waals surface area contributed by atoms with Gasteiger partial charge in [-0.1, -0.05) is 42.5 Å². The highest BCUT2D eigenvalue weighted by molar-refractivity contribution is 8.18. The van der Waals surface area contributed by atoms with Crippen LogP contribution in [0.5, 0.6) is 5.75 Å². The van der Waals surface area contributed by atoms with Gasteiger partial charge in [0, 0.05) is 17.1 Å². The van der Waals surface area contributed by atoms with Gasteiger partial charge in [-0.05, 0) is 97.3 Å². The van der Waals surface area contributed by atoms with Gasteiger partial charge in [0.25, 0.3) is 11.1 Å². The minimum absolute atomic E-state index is 0.214. The van der Waals surface area contributed by atoms with E-state index in [1.54, 1.807) is 0 Å². The summed E-state index contributed by atoms with van der Waals surface area (Å²) < 4.78 is 8.05. The van der Waals surface area contributed by atoms with Crippen LogP contribution in [0.4, 0.5) is 4.79 Å². The van der Waals surface area contributed by atoms with E-state index in [0.717, 1.165) is 51.3 Å². The number of carbonyl (C=O) groups is 2. The number of nitrogens with zero attached hydrogens (tertiary/aromatic N) is 2. The third kappa shape index (κ3) is 4.56. The monoisotopic (exact) mass is 496 g/mol. The van der Waals surface area contributed by atoms with Gasteiger partial charge in [-0.3, -0.25) is 14.5 Å². The average Bonchev–Trinajstić information content (AvgIpc) is 3.29. The maximum atomic E-state index is 13.1. The fourth-order valence-electron chi connectivity index (χ4n) is 4.59. The zero-order valence-electron chi connectivity index (χ0n) is 20.9. The molecule has 0 atom stereocenters. The molecule has 0 saturated carbocycles. The van der Waals surface area contributed by atoms with Gasteiger partial charge in [-0.15, -0.1) is 0 Å². The van der Waals surface area contributed by atoms with Crippen molar-refractivity contribution in [2.45, 2.75) is 27.7 Å². The molecule has 6 heteroatoms. The molecule has 1 saturated heterocycles. The molecule has 0 unspecified atom stereocenters. The molecule has 0 N–H and O–H groups in total. The largest absolute Gasteiger partial charge is 0.491 e. The number of aromatic nitrogens is 1. The Hall–Kier alpha value is -3.77. The Morgan fingerprint density at radius 1 is 0.889 bits per heavy atom. The SMILES string of the molecule is Cc1ccc(C)c(OCCN2C(=O)S/C(=C\c3cc(C)n(-c4ccc5ccccc5c4)c3C)C2=O)c1. The predicted molar refractivity (Wildman–Crippen MR) is 147 cm³/mol. The Labute approximate surface area is 215 Å². The second kappa shape index (κ2) is 9.70. The summed E-state index contributed by atoms with van der Waals surface area (Å²) in [5.74, 6) is 0.503. The molecular formula is C30H28N2O3S. The molecule has 1 fully saturated rings. The van der Waals surface area contributed by atoms with Crippen LogP contribution in [0.15, 0.2) is 71.6 Å². The van der Waals surface area contributed by atoms with Crippen LogP contribution in [0.3, 0.4) is 0 Å². The Morgan fingerprint density at radius 2 is 1.67 bits per heavy atom. The maximum Gasteiger partial charge on any atom is 0.293 e. The van der Waals surface area contributed by atoms with Crippen molar-refractivity contribution >= 4 is 39.8 Å². The number of amides is 2. The first-order valence-corrected chi connectivity index (χ1v) is 12.8. The predicted octanol–water partition coefficient (Wildman–Crippen LogP) is 6.98. The quantitative estimate of drug-likeness (QED) is 0.270. The molecule has 3 aromatic carbocycles. The molecule has 1 aliphatic rings. The van der Waals surface area contributed by atoms with E-state index in [2.05, 4.69) is 47.9 Å². The van der Waals surface area contributed by atoms with E-state index in [0.29, 0.717) is 4.91 Å². The number of aryl methyl sites for hydroxylation is 3. The highest BCUT2D eigenvalue weighted by Gasteiger charge is 2.35. The van der Waals surface area contributed by atoms with Crippen molar-refractivity contribution in [3.8, 4) is 11.4 Å².